The largest absolute Gasteiger partial charge is 0.311 e. The van der Waals surface area contributed by atoms with Gasteiger partial charge in [0.05, 0.1) is 5.01 Å². The number of aromatic nitrogens is 1. The molecule has 2 aliphatic rings. The molecule has 3 unspecified atom stereocenters. The Morgan fingerprint density at radius 1 is 1.38 bits per heavy atom. The Bertz CT molecular complexity index is 414. The zero-order valence-corrected chi connectivity index (χ0v) is 14.2. The molecule has 3 nitrogen and oxygen atoms in total. The third kappa shape index (κ3) is 3.85. The highest BCUT2D eigenvalue weighted by atomic mass is 32.1. The van der Waals surface area contributed by atoms with E-state index in [-0.39, 0.29) is 0 Å². The van der Waals surface area contributed by atoms with E-state index in [1.54, 1.807) is 11.3 Å². The topological polar surface area (TPSA) is 28.2 Å². The lowest BCUT2D eigenvalue weighted by atomic mass is 9.82. The van der Waals surface area contributed by atoms with Crippen molar-refractivity contribution >= 4 is 11.3 Å². The van der Waals surface area contributed by atoms with E-state index in [2.05, 4.69) is 34.4 Å². The van der Waals surface area contributed by atoms with Gasteiger partial charge in [0.1, 0.15) is 0 Å². The van der Waals surface area contributed by atoms with Gasteiger partial charge < -0.3 is 5.32 Å². The van der Waals surface area contributed by atoms with Crippen molar-refractivity contribution < 1.29 is 0 Å². The molecule has 1 aromatic rings. The van der Waals surface area contributed by atoms with Crippen LogP contribution in [-0.2, 0) is 0 Å². The highest BCUT2D eigenvalue weighted by Crippen LogP contribution is 2.29. The zero-order chi connectivity index (χ0) is 14.7. The first-order valence-electron chi connectivity index (χ1n) is 8.61. The molecule has 1 aliphatic carbocycles. The summed E-state index contributed by atoms with van der Waals surface area (Å²) in [5.41, 5.74) is 0. The van der Waals surface area contributed by atoms with Crippen LogP contribution in [0.2, 0.25) is 0 Å². The van der Waals surface area contributed by atoms with Crippen molar-refractivity contribution in [3.8, 4) is 0 Å². The second kappa shape index (κ2) is 7.21. The highest BCUT2D eigenvalue weighted by molar-refractivity contribution is 7.09. The Balaban J connectivity index is 1.58. The molecule has 3 rings (SSSR count). The second-order valence-electron chi connectivity index (χ2n) is 6.99. The molecule has 0 spiro atoms. The summed E-state index contributed by atoms with van der Waals surface area (Å²) in [6.07, 6.45) is 9.12. The average molecular weight is 308 g/mol. The number of hydrogen-bond acceptors (Lipinski definition) is 4. The third-order valence-corrected chi connectivity index (χ3v) is 6.34. The quantitative estimate of drug-likeness (QED) is 0.923. The molecule has 0 radical (unpaired) electrons. The number of rotatable bonds is 4. The molecule has 0 bridgehead atoms. The van der Waals surface area contributed by atoms with Crippen LogP contribution in [0.5, 0.6) is 0 Å². The molecule has 118 valence electrons. The predicted octanol–water partition coefficient (Wildman–Crippen LogP) is 3.49. The zero-order valence-electron chi connectivity index (χ0n) is 13.4. The van der Waals surface area contributed by atoms with Crippen LogP contribution in [0.1, 0.15) is 56.9 Å². The van der Waals surface area contributed by atoms with Gasteiger partial charge in [0.25, 0.3) is 0 Å². The number of nitrogens with zero attached hydrogens (tertiary/aromatic N) is 2. The first-order valence-corrected chi connectivity index (χ1v) is 9.49. The lowest BCUT2D eigenvalue weighted by Gasteiger charge is -2.43. The number of hydrogen-bond donors (Lipinski definition) is 1. The maximum atomic E-state index is 4.49. The maximum absolute atomic E-state index is 4.49. The summed E-state index contributed by atoms with van der Waals surface area (Å²) < 4.78 is 0. The van der Waals surface area contributed by atoms with Crippen LogP contribution in [0.3, 0.4) is 0 Å². The van der Waals surface area contributed by atoms with Gasteiger partial charge in [0.15, 0.2) is 0 Å². The summed E-state index contributed by atoms with van der Waals surface area (Å²) in [5, 5.41) is 7.20. The van der Waals surface area contributed by atoms with Crippen molar-refractivity contribution in [2.24, 2.45) is 5.92 Å². The fraction of sp³-hybridized carbons (Fsp3) is 0.824. The molecule has 2 fully saturated rings. The van der Waals surface area contributed by atoms with Gasteiger partial charge >= 0.3 is 0 Å². The fourth-order valence-electron chi connectivity index (χ4n) is 3.96. The van der Waals surface area contributed by atoms with Crippen LogP contribution in [0, 0.1) is 5.92 Å². The van der Waals surface area contributed by atoms with Gasteiger partial charge in [-0.2, -0.15) is 0 Å². The van der Waals surface area contributed by atoms with Crippen molar-refractivity contribution in [2.45, 2.75) is 64.0 Å². The minimum Gasteiger partial charge on any atom is -0.311 e. The van der Waals surface area contributed by atoms with E-state index in [1.807, 2.05) is 6.20 Å². The monoisotopic (exact) mass is 307 g/mol. The molecule has 0 amide bonds. The van der Waals surface area contributed by atoms with Crippen LogP contribution in [0.15, 0.2) is 11.6 Å². The Hall–Kier alpha value is -0.450. The van der Waals surface area contributed by atoms with Gasteiger partial charge in [0, 0.05) is 49.2 Å². The molecule has 1 N–H and O–H groups in total. The molecule has 1 saturated heterocycles. The Kier molecular flexibility index (Phi) is 5.30. The highest BCUT2D eigenvalue weighted by Gasteiger charge is 2.31. The molecular weight excluding hydrogens is 278 g/mol. The lowest BCUT2D eigenvalue weighted by molar-refractivity contribution is 0.0997. The molecule has 3 atom stereocenters. The standard InChI is InChI=1S/C17H29N3S/c1-13(17-18-8-9-21-17)11-20-12-16(19-10-14(20)2)15-6-4-3-5-7-15/h8-9,13-16,19H,3-7,10-12H2,1-2H3. The molecule has 1 saturated carbocycles. The Morgan fingerprint density at radius 3 is 2.90 bits per heavy atom. The summed E-state index contributed by atoms with van der Waals surface area (Å²) in [5.74, 6) is 1.46. The average Bonchev–Trinajstić information content (AvgIpc) is 3.05. The van der Waals surface area contributed by atoms with E-state index in [0.717, 1.165) is 19.0 Å². The minimum atomic E-state index is 0.553. The van der Waals surface area contributed by atoms with Crippen molar-refractivity contribution in [3.63, 3.8) is 0 Å². The second-order valence-corrected chi connectivity index (χ2v) is 7.91. The molecule has 0 aromatic carbocycles. The van der Waals surface area contributed by atoms with Gasteiger partial charge in [-0.05, 0) is 25.7 Å². The SMILES string of the molecule is CC(CN1CC(C2CCCCC2)NCC1C)c1nccs1. The van der Waals surface area contributed by atoms with Gasteiger partial charge in [-0.15, -0.1) is 11.3 Å². The molecule has 4 heteroatoms. The number of thiazole rings is 1. The van der Waals surface area contributed by atoms with Gasteiger partial charge in [-0.1, -0.05) is 26.2 Å². The molecular formula is C17H29N3S. The van der Waals surface area contributed by atoms with E-state index in [4.69, 9.17) is 0 Å². The van der Waals surface area contributed by atoms with Crippen molar-refractivity contribution in [3.05, 3.63) is 16.6 Å². The first kappa shape index (κ1) is 15.4. The fourth-order valence-corrected chi connectivity index (χ4v) is 4.65. The summed E-state index contributed by atoms with van der Waals surface area (Å²) >= 11 is 1.80. The molecule has 21 heavy (non-hydrogen) atoms. The Labute approximate surface area is 133 Å². The third-order valence-electron chi connectivity index (χ3n) is 5.33. The van der Waals surface area contributed by atoms with Crippen LogP contribution in [0.4, 0.5) is 0 Å². The summed E-state index contributed by atoms with van der Waals surface area (Å²) in [7, 11) is 0. The molecule has 2 heterocycles. The van der Waals surface area contributed by atoms with E-state index in [9.17, 15) is 0 Å². The molecule has 1 aromatic heterocycles. The van der Waals surface area contributed by atoms with Crippen molar-refractivity contribution in [1.82, 2.24) is 15.2 Å². The summed E-state index contributed by atoms with van der Waals surface area (Å²) in [4.78, 5) is 7.19. The van der Waals surface area contributed by atoms with Crippen LogP contribution in [0.25, 0.3) is 0 Å². The smallest absolute Gasteiger partial charge is 0.0965 e. The van der Waals surface area contributed by atoms with E-state index >= 15 is 0 Å². The van der Waals surface area contributed by atoms with Crippen LogP contribution >= 0.6 is 11.3 Å². The first-order chi connectivity index (χ1) is 10.2. The van der Waals surface area contributed by atoms with Gasteiger partial charge in [0.2, 0.25) is 0 Å². The predicted molar refractivity (Wildman–Crippen MR) is 89.9 cm³/mol. The van der Waals surface area contributed by atoms with Gasteiger partial charge in [-0.25, -0.2) is 4.98 Å². The van der Waals surface area contributed by atoms with E-state index < -0.39 is 0 Å². The minimum absolute atomic E-state index is 0.553. The number of nitrogens with one attached hydrogen (secondary N) is 1. The van der Waals surface area contributed by atoms with Crippen LogP contribution in [-0.4, -0.2) is 41.6 Å². The van der Waals surface area contributed by atoms with Gasteiger partial charge in [-0.3, -0.25) is 4.90 Å². The maximum Gasteiger partial charge on any atom is 0.0965 e. The van der Waals surface area contributed by atoms with E-state index in [0.29, 0.717) is 18.0 Å². The molecule has 1 aliphatic heterocycles. The summed E-state index contributed by atoms with van der Waals surface area (Å²) in [6.45, 7) is 8.20. The number of piperazine rings is 1. The van der Waals surface area contributed by atoms with Crippen LogP contribution < -0.4 is 5.32 Å². The summed E-state index contributed by atoms with van der Waals surface area (Å²) in [6, 6.07) is 1.36. The van der Waals surface area contributed by atoms with Crippen molar-refractivity contribution in [2.75, 3.05) is 19.6 Å². The van der Waals surface area contributed by atoms with Crippen molar-refractivity contribution in [1.29, 1.82) is 0 Å². The normalized spacial score (nSPS) is 30.4. The lowest BCUT2D eigenvalue weighted by Crippen LogP contribution is -2.58. The van der Waals surface area contributed by atoms with E-state index in [1.165, 1.54) is 43.7 Å². The Morgan fingerprint density at radius 2 is 2.19 bits per heavy atom.